The monoisotopic (exact) mass is 218 g/mol. The molecule has 0 unspecified atom stereocenters. The minimum atomic E-state index is -1.29. The number of hydrogen-bond acceptors (Lipinski definition) is 3. The molecule has 0 amide bonds. The summed E-state index contributed by atoms with van der Waals surface area (Å²) in [6, 6.07) is 5.43. The number of hydrogen-bond donors (Lipinski definition) is 1. The summed E-state index contributed by atoms with van der Waals surface area (Å²) in [5, 5.41) is 8.66. The summed E-state index contributed by atoms with van der Waals surface area (Å²) in [5.41, 5.74) is 0.0859. The summed E-state index contributed by atoms with van der Waals surface area (Å²) in [5.74, 6) is -1.73. The largest absolute Gasteiger partial charge is 0.478 e. The van der Waals surface area contributed by atoms with Gasteiger partial charge in [0.25, 0.3) is 0 Å². The van der Waals surface area contributed by atoms with E-state index < -0.39 is 11.8 Å². The van der Waals surface area contributed by atoms with E-state index in [2.05, 4.69) is 9.97 Å². The molecule has 1 aromatic carbocycles. The van der Waals surface area contributed by atoms with Crippen LogP contribution in [0.15, 0.2) is 36.7 Å². The van der Waals surface area contributed by atoms with E-state index >= 15 is 0 Å². The van der Waals surface area contributed by atoms with Crippen molar-refractivity contribution in [3.05, 3.63) is 48.0 Å². The number of carboxylic acids is 1. The Morgan fingerprint density at radius 1 is 1.25 bits per heavy atom. The van der Waals surface area contributed by atoms with Gasteiger partial charge in [-0.15, -0.1) is 0 Å². The Labute approximate surface area is 90.4 Å². The minimum absolute atomic E-state index is 0.360. The fourth-order valence-corrected chi connectivity index (χ4v) is 1.28. The predicted octanol–water partition coefficient (Wildman–Crippen LogP) is 1.98. The Balaban J connectivity index is 2.46. The van der Waals surface area contributed by atoms with Crippen molar-refractivity contribution in [2.75, 3.05) is 0 Å². The second-order valence-electron chi connectivity index (χ2n) is 3.07. The average molecular weight is 218 g/mol. The first-order valence-electron chi connectivity index (χ1n) is 4.49. The fourth-order valence-electron chi connectivity index (χ4n) is 1.28. The molecule has 2 aromatic rings. The highest BCUT2D eigenvalue weighted by molar-refractivity contribution is 5.88. The average Bonchev–Trinajstić information content (AvgIpc) is 2.29. The van der Waals surface area contributed by atoms with Crippen molar-refractivity contribution in [2.24, 2.45) is 0 Å². The first kappa shape index (κ1) is 10.2. The third-order valence-electron chi connectivity index (χ3n) is 2.02. The molecular formula is C11H7FN2O2. The van der Waals surface area contributed by atoms with Gasteiger partial charge in [0.1, 0.15) is 5.82 Å². The van der Waals surface area contributed by atoms with Gasteiger partial charge in [0.2, 0.25) is 0 Å². The van der Waals surface area contributed by atoms with Crippen LogP contribution in [0.3, 0.4) is 0 Å². The van der Waals surface area contributed by atoms with E-state index in [4.69, 9.17) is 5.11 Å². The van der Waals surface area contributed by atoms with Gasteiger partial charge >= 0.3 is 5.97 Å². The van der Waals surface area contributed by atoms with Crippen LogP contribution in [0.25, 0.3) is 11.4 Å². The van der Waals surface area contributed by atoms with E-state index in [-0.39, 0.29) is 5.56 Å². The molecule has 16 heavy (non-hydrogen) atoms. The summed E-state index contributed by atoms with van der Waals surface area (Å²) in [6.07, 6.45) is 3.07. The summed E-state index contributed by atoms with van der Waals surface area (Å²) in [7, 11) is 0. The van der Waals surface area contributed by atoms with Gasteiger partial charge in [0.15, 0.2) is 5.82 Å². The van der Waals surface area contributed by atoms with Crippen molar-refractivity contribution >= 4 is 5.97 Å². The Morgan fingerprint density at radius 2 is 1.94 bits per heavy atom. The second-order valence-corrected chi connectivity index (χ2v) is 3.07. The molecule has 1 heterocycles. The van der Waals surface area contributed by atoms with Gasteiger partial charge in [-0.1, -0.05) is 6.07 Å². The van der Waals surface area contributed by atoms with Crippen LogP contribution < -0.4 is 0 Å². The molecule has 1 aromatic heterocycles. The SMILES string of the molecule is O=C(O)c1ccc(-c2ncccn2)cc1F. The van der Waals surface area contributed by atoms with Gasteiger partial charge < -0.3 is 5.11 Å². The van der Waals surface area contributed by atoms with Gasteiger partial charge in [-0.2, -0.15) is 0 Å². The molecule has 0 spiro atoms. The Hall–Kier alpha value is -2.30. The summed E-state index contributed by atoms with van der Waals surface area (Å²) >= 11 is 0. The van der Waals surface area contributed by atoms with Crippen LogP contribution in [-0.4, -0.2) is 21.0 Å². The number of rotatable bonds is 2. The highest BCUT2D eigenvalue weighted by atomic mass is 19.1. The van der Waals surface area contributed by atoms with Crippen LogP contribution in [0, 0.1) is 5.82 Å². The number of benzene rings is 1. The standard InChI is InChI=1S/C11H7FN2O2/c12-9-6-7(2-3-8(9)11(15)16)10-13-4-1-5-14-10/h1-6H,(H,15,16). The molecule has 0 aliphatic rings. The number of carbonyl (C=O) groups is 1. The van der Waals surface area contributed by atoms with E-state index in [1.807, 2.05) is 0 Å². The van der Waals surface area contributed by atoms with Crippen LogP contribution in [0.5, 0.6) is 0 Å². The fraction of sp³-hybridized carbons (Fsp3) is 0. The predicted molar refractivity (Wildman–Crippen MR) is 54.4 cm³/mol. The second kappa shape index (κ2) is 4.06. The van der Waals surface area contributed by atoms with Crippen molar-refractivity contribution in [3.63, 3.8) is 0 Å². The van der Waals surface area contributed by atoms with Crippen LogP contribution in [-0.2, 0) is 0 Å². The molecule has 0 fully saturated rings. The molecule has 4 nitrogen and oxygen atoms in total. The normalized spacial score (nSPS) is 10.1. The van der Waals surface area contributed by atoms with Gasteiger partial charge in [-0.25, -0.2) is 19.2 Å². The lowest BCUT2D eigenvalue weighted by molar-refractivity contribution is 0.0692. The molecular weight excluding hydrogens is 211 g/mol. The number of aromatic nitrogens is 2. The van der Waals surface area contributed by atoms with E-state index in [0.29, 0.717) is 11.4 Å². The minimum Gasteiger partial charge on any atom is -0.478 e. The molecule has 2 rings (SSSR count). The third-order valence-corrected chi connectivity index (χ3v) is 2.02. The maximum Gasteiger partial charge on any atom is 0.338 e. The lowest BCUT2D eigenvalue weighted by atomic mass is 10.1. The smallest absolute Gasteiger partial charge is 0.338 e. The Morgan fingerprint density at radius 3 is 2.50 bits per heavy atom. The lowest BCUT2D eigenvalue weighted by Crippen LogP contribution is -2.00. The molecule has 0 saturated heterocycles. The first-order chi connectivity index (χ1) is 7.68. The topological polar surface area (TPSA) is 63.1 Å². The van der Waals surface area contributed by atoms with E-state index in [9.17, 15) is 9.18 Å². The summed E-state index contributed by atoms with van der Waals surface area (Å²) in [4.78, 5) is 18.5. The summed E-state index contributed by atoms with van der Waals surface area (Å²) in [6.45, 7) is 0. The highest BCUT2D eigenvalue weighted by Crippen LogP contribution is 2.17. The quantitative estimate of drug-likeness (QED) is 0.837. The maximum atomic E-state index is 13.4. The van der Waals surface area contributed by atoms with E-state index in [1.165, 1.54) is 24.5 Å². The van der Waals surface area contributed by atoms with Gasteiger partial charge in [0, 0.05) is 18.0 Å². The van der Waals surface area contributed by atoms with Crippen LogP contribution in [0.2, 0.25) is 0 Å². The molecule has 0 aliphatic heterocycles. The van der Waals surface area contributed by atoms with Crippen molar-refractivity contribution in [1.29, 1.82) is 0 Å². The van der Waals surface area contributed by atoms with Crippen LogP contribution in [0.4, 0.5) is 4.39 Å². The molecule has 1 N–H and O–H groups in total. The molecule has 0 bridgehead atoms. The zero-order valence-corrected chi connectivity index (χ0v) is 8.09. The zero-order valence-electron chi connectivity index (χ0n) is 8.09. The zero-order chi connectivity index (χ0) is 11.5. The van der Waals surface area contributed by atoms with E-state index in [0.717, 1.165) is 6.07 Å². The van der Waals surface area contributed by atoms with E-state index in [1.54, 1.807) is 6.07 Å². The maximum absolute atomic E-state index is 13.4. The van der Waals surface area contributed by atoms with Crippen molar-refractivity contribution in [3.8, 4) is 11.4 Å². The molecule has 80 valence electrons. The van der Waals surface area contributed by atoms with Gasteiger partial charge in [-0.05, 0) is 18.2 Å². The number of carboxylic acid groups (broad SMARTS) is 1. The molecule has 0 radical (unpaired) electrons. The number of nitrogens with zero attached hydrogens (tertiary/aromatic N) is 2. The number of aromatic carboxylic acids is 1. The Kier molecular flexibility index (Phi) is 2.59. The molecule has 0 aliphatic carbocycles. The van der Waals surface area contributed by atoms with Crippen molar-refractivity contribution < 1.29 is 14.3 Å². The molecule has 0 saturated carbocycles. The first-order valence-corrected chi connectivity index (χ1v) is 4.49. The van der Waals surface area contributed by atoms with Gasteiger partial charge in [-0.3, -0.25) is 0 Å². The molecule has 0 atom stereocenters. The lowest BCUT2D eigenvalue weighted by Gasteiger charge is -2.01. The summed E-state index contributed by atoms with van der Waals surface area (Å²) < 4.78 is 13.4. The Bertz CT molecular complexity index is 529. The number of halogens is 1. The molecule has 5 heteroatoms. The van der Waals surface area contributed by atoms with Crippen molar-refractivity contribution in [2.45, 2.75) is 0 Å². The van der Waals surface area contributed by atoms with Crippen LogP contribution in [0.1, 0.15) is 10.4 Å². The van der Waals surface area contributed by atoms with Crippen LogP contribution >= 0.6 is 0 Å². The van der Waals surface area contributed by atoms with Gasteiger partial charge in [0.05, 0.1) is 5.56 Å². The highest BCUT2D eigenvalue weighted by Gasteiger charge is 2.11. The third kappa shape index (κ3) is 1.88. The van der Waals surface area contributed by atoms with Crippen molar-refractivity contribution in [1.82, 2.24) is 9.97 Å².